The van der Waals surface area contributed by atoms with E-state index in [-0.39, 0.29) is 0 Å². The van der Waals surface area contributed by atoms with E-state index >= 15 is 0 Å². The Balaban J connectivity index is 1.23. The molecule has 13 rings (SSSR count). The number of thiophene rings is 2. The molecule has 0 bridgehead atoms. The molecule has 11 aromatic rings. The maximum absolute atomic E-state index is 4.88. The van der Waals surface area contributed by atoms with Crippen molar-refractivity contribution in [3.8, 4) is 27.9 Å². The normalized spacial score (nSPS) is 13.9. The minimum Gasteiger partial charge on any atom is -0.309 e. The van der Waals surface area contributed by atoms with Crippen LogP contribution in [0.5, 0.6) is 0 Å². The Morgan fingerprint density at radius 3 is 1.79 bits per heavy atom. The van der Waals surface area contributed by atoms with Crippen LogP contribution in [-0.2, 0) is 5.41 Å². The molecule has 7 aromatic carbocycles. The van der Waals surface area contributed by atoms with E-state index in [9.17, 15) is 0 Å². The summed E-state index contributed by atoms with van der Waals surface area (Å²) < 4.78 is 6.55. The molecular formula is C48H26N2S2. The van der Waals surface area contributed by atoms with Crippen molar-refractivity contribution >= 4 is 85.0 Å². The number of aromatic nitrogens is 2. The lowest BCUT2D eigenvalue weighted by Crippen LogP contribution is -2.26. The summed E-state index contributed by atoms with van der Waals surface area (Å²) >= 11 is 3.75. The van der Waals surface area contributed by atoms with Crippen LogP contribution in [0.15, 0.2) is 158 Å². The zero-order valence-electron chi connectivity index (χ0n) is 27.7. The minimum absolute atomic E-state index is 0.400. The second-order valence-corrected chi connectivity index (χ2v) is 16.2. The highest BCUT2D eigenvalue weighted by Gasteiger charge is 2.51. The fourth-order valence-corrected chi connectivity index (χ4v) is 12.5. The van der Waals surface area contributed by atoms with Crippen LogP contribution in [0.2, 0.25) is 0 Å². The molecule has 1 spiro atoms. The summed E-state index contributed by atoms with van der Waals surface area (Å²) in [6.45, 7) is 0. The molecule has 4 heteroatoms. The van der Waals surface area contributed by atoms with Gasteiger partial charge in [0.25, 0.3) is 0 Å². The van der Waals surface area contributed by atoms with Gasteiger partial charge in [0.15, 0.2) is 0 Å². The van der Waals surface area contributed by atoms with Crippen molar-refractivity contribution in [1.29, 1.82) is 0 Å². The van der Waals surface area contributed by atoms with E-state index in [0.29, 0.717) is 0 Å². The fraction of sp³-hybridized carbons (Fsp3) is 0.0208. The standard InChI is InChI=1S/C48H26N2S2/c1-6-18-35-28(12-1)29-13-2-7-19-36(29)48(35)37-20-8-3-14-30(37)31-24-23-27(26-38(31)48)50-39-21-9-4-15-32(39)41-44(50)42-33-16-5-10-22-40(33)51-45(42)43-34-17-11-25-49-47(34)52-46(41)43/h1-26H. The molecule has 0 saturated heterocycles. The lowest BCUT2D eigenvalue weighted by molar-refractivity contribution is 0.792. The van der Waals surface area contributed by atoms with E-state index < -0.39 is 5.41 Å². The first-order valence-electron chi connectivity index (χ1n) is 17.8. The molecule has 240 valence electrons. The molecule has 2 aliphatic carbocycles. The Bertz CT molecular complexity index is 3280. The summed E-state index contributed by atoms with van der Waals surface area (Å²) in [5, 5.41) is 7.82. The zero-order chi connectivity index (χ0) is 33.7. The predicted molar refractivity (Wildman–Crippen MR) is 221 cm³/mol. The van der Waals surface area contributed by atoms with Crippen LogP contribution < -0.4 is 0 Å². The van der Waals surface area contributed by atoms with Gasteiger partial charge in [-0.1, -0.05) is 115 Å². The number of para-hydroxylation sites is 1. The average Bonchev–Trinajstić information content (AvgIpc) is 3.99. The number of nitrogens with zero attached hydrogens (tertiary/aromatic N) is 2. The van der Waals surface area contributed by atoms with Crippen molar-refractivity contribution in [2.75, 3.05) is 0 Å². The van der Waals surface area contributed by atoms with E-state index in [1.54, 1.807) is 0 Å². The van der Waals surface area contributed by atoms with Gasteiger partial charge in [0.05, 0.1) is 16.4 Å². The molecular weight excluding hydrogens is 669 g/mol. The van der Waals surface area contributed by atoms with E-state index in [0.717, 1.165) is 4.83 Å². The lowest BCUT2D eigenvalue weighted by atomic mass is 9.70. The summed E-state index contributed by atoms with van der Waals surface area (Å²) in [6, 6.07) is 56.8. The monoisotopic (exact) mass is 694 g/mol. The number of rotatable bonds is 1. The van der Waals surface area contributed by atoms with Gasteiger partial charge in [0, 0.05) is 58.3 Å². The van der Waals surface area contributed by atoms with Crippen molar-refractivity contribution < 1.29 is 0 Å². The van der Waals surface area contributed by atoms with Gasteiger partial charge in [-0.05, 0) is 80.9 Å². The molecule has 0 N–H and O–H groups in total. The molecule has 4 heterocycles. The SMILES string of the molecule is c1ccc2c(c1)-c1ccccc1C21c2ccccc2-c2ccc(-n3c4ccccc4c4c5sc6ncccc6c5c5sc6ccccc6c5c43)cc21. The first-order valence-corrected chi connectivity index (χ1v) is 19.4. The van der Waals surface area contributed by atoms with Gasteiger partial charge < -0.3 is 4.57 Å². The number of benzene rings is 7. The van der Waals surface area contributed by atoms with Crippen LogP contribution >= 0.6 is 22.7 Å². The Morgan fingerprint density at radius 2 is 1.04 bits per heavy atom. The van der Waals surface area contributed by atoms with Gasteiger partial charge >= 0.3 is 0 Å². The molecule has 0 amide bonds. The summed E-state index contributed by atoms with van der Waals surface area (Å²) in [6.07, 6.45) is 1.93. The first-order chi connectivity index (χ1) is 25.8. The van der Waals surface area contributed by atoms with Crippen LogP contribution in [-0.4, -0.2) is 9.55 Å². The molecule has 0 radical (unpaired) electrons. The van der Waals surface area contributed by atoms with Gasteiger partial charge in [-0.15, -0.1) is 22.7 Å². The van der Waals surface area contributed by atoms with Gasteiger partial charge in [0.2, 0.25) is 0 Å². The maximum Gasteiger partial charge on any atom is 0.124 e. The van der Waals surface area contributed by atoms with Crippen molar-refractivity contribution in [3.05, 3.63) is 180 Å². The largest absolute Gasteiger partial charge is 0.309 e. The van der Waals surface area contributed by atoms with Crippen molar-refractivity contribution in [3.63, 3.8) is 0 Å². The Hall–Kier alpha value is -6.07. The first kappa shape index (κ1) is 27.6. The highest BCUT2D eigenvalue weighted by molar-refractivity contribution is 7.30. The predicted octanol–water partition coefficient (Wildman–Crippen LogP) is 13.3. The Morgan fingerprint density at radius 1 is 0.462 bits per heavy atom. The van der Waals surface area contributed by atoms with E-state index in [1.165, 1.54) is 108 Å². The number of pyridine rings is 1. The summed E-state index contributed by atoms with van der Waals surface area (Å²) in [5.74, 6) is 0. The number of hydrogen-bond donors (Lipinski definition) is 0. The molecule has 0 fully saturated rings. The molecule has 0 aliphatic heterocycles. The average molecular weight is 695 g/mol. The molecule has 2 aliphatic rings. The summed E-state index contributed by atoms with van der Waals surface area (Å²) in [5.41, 5.74) is 14.1. The smallest absolute Gasteiger partial charge is 0.124 e. The molecule has 0 unspecified atom stereocenters. The third-order valence-corrected chi connectivity index (χ3v) is 14.2. The van der Waals surface area contributed by atoms with Crippen molar-refractivity contribution in [1.82, 2.24) is 9.55 Å². The number of fused-ring (bicyclic) bond motifs is 22. The topological polar surface area (TPSA) is 17.8 Å². The lowest BCUT2D eigenvalue weighted by Gasteiger charge is -2.30. The molecule has 0 atom stereocenters. The Labute approximate surface area is 306 Å². The van der Waals surface area contributed by atoms with Crippen molar-refractivity contribution in [2.45, 2.75) is 5.41 Å². The van der Waals surface area contributed by atoms with Crippen LogP contribution in [0.4, 0.5) is 0 Å². The molecule has 2 nitrogen and oxygen atoms in total. The van der Waals surface area contributed by atoms with Gasteiger partial charge in [-0.3, -0.25) is 0 Å². The van der Waals surface area contributed by atoms with Crippen LogP contribution in [0.3, 0.4) is 0 Å². The number of hydrogen-bond acceptors (Lipinski definition) is 3. The second kappa shape index (κ2) is 9.62. The van der Waals surface area contributed by atoms with Crippen molar-refractivity contribution in [2.24, 2.45) is 0 Å². The van der Waals surface area contributed by atoms with Crippen LogP contribution in [0.1, 0.15) is 22.3 Å². The zero-order valence-corrected chi connectivity index (χ0v) is 29.4. The second-order valence-electron chi connectivity index (χ2n) is 14.2. The third-order valence-electron chi connectivity index (χ3n) is 11.9. The Kier molecular flexibility index (Phi) is 5.11. The summed E-state index contributed by atoms with van der Waals surface area (Å²) in [7, 11) is 0. The highest BCUT2D eigenvalue weighted by atomic mass is 32.1. The van der Waals surface area contributed by atoms with Crippen LogP contribution in [0.25, 0.3) is 90.2 Å². The third kappa shape index (κ3) is 3.13. The van der Waals surface area contributed by atoms with E-state index in [4.69, 9.17) is 4.98 Å². The van der Waals surface area contributed by atoms with E-state index in [2.05, 4.69) is 156 Å². The molecule has 52 heavy (non-hydrogen) atoms. The quantitative estimate of drug-likeness (QED) is 0.167. The maximum atomic E-state index is 4.88. The van der Waals surface area contributed by atoms with Crippen LogP contribution in [0, 0.1) is 0 Å². The van der Waals surface area contributed by atoms with Gasteiger partial charge in [-0.2, -0.15) is 0 Å². The minimum atomic E-state index is -0.400. The van der Waals surface area contributed by atoms with Gasteiger partial charge in [0.1, 0.15) is 4.83 Å². The van der Waals surface area contributed by atoms with E-state index in [1.807, 2.05) is 28.9 Å². The fourth-order valence-electron chi connectivity index (χ4n) is 9.99. The molecule has 0 saturated carbocycles. The van der Waals surface area contributed by atoms with Gasteiger partial charge in [-0.25, -0.2) is 4.98 Å². The summed E-state index contributed by atoms with van der Waals surface area (Å²) in [4.78, 5) is 5.98. The highest BCUT2D eigenvalue weighted by Crippen LogP contribution is 2.63. The molecule has 4 aromatic heterocycles.